The van der Waals surface area contributed by atoms with Gasteiger partial charge in [-0.25, -0.2) is 4.68 Å². The van der Waals surface area contributed by atoms with Crippen LogP contribution in [0.25, 0.3) is 16.9 Å². The zero-order valence-corrected chi connectivity index (χ0v) is 16.8. The van der Waals surface area contributed by atoms with Crippen LogP contribution >= 0.6 is 12.4 Å². The van der Waals surface area contributed by atoms with E-state index in [9.17, 15) is 4.79 Å². The van der Waals surface area contributed by atoms with Crippen molar-refractivity contribution in [1.82, 2.24) is 20.0 Å². The first-order valence-corrected chi connectivity index (χ1v) is 9.45. The first-order chi connectivity index (χ1) is 13.2. The summed E-state index contributed by atoms with van der Waals surface area (Å²) in [6.45, 7) is 5.34. The van der Waals surface area contributed by atoms with Crippen molar-refractivity contribution < 1.29 is 4.79 Å². The van der Waals surface area contributed by atoms with E-state index in [-0.39, 0.29) is 18.3 Å². The van der Waals surface area contributed by atoms with Crippen LogP contribution in [-0.4, -0.2) is 46.8 Å². The monoisotopic (exact) mass is 396 g/mol. The molecule has 4 rings (SSSR count). The van der Waals surface area contributed by atoms with Crippen molar-refractivity contribution in [1.29, 1.82) is 0 Å². The summed E-state index contributed by atoms with van der Waals surface area (Å²) in [5.41, 5.74) is 4.48. The van der Waals surface area contributed by atoms with E-state index in [4.69, 9.17) is 5.10 Å². The first-order valence-electron chi connectivity index (χ1n) is 9.45. The summed E-state index contributed by atoms with van der Waals surface area (Å²) in [4.78, 5) is 15.3. The van der Waals surface area contributed by atoms with E-state index < -0.39 is 0 Å². The smallest absolute Gasteiger partial charge is 0.257 e. The van der Waals surface area contributed by atoms with Gasteiger partial charge in [0.2, 0.25) is 0 Å². The Balaban J connectivity index is 0.00000225. The molecule has 1 aliphatic rings. The summed E-state index contributed by atoms with van der Waals surface area (Å²) in [6, 6.07) is 18.0. The standard InChI is InChI=1S/C22H24N4O.ClH/c1-17-8-5-6-11-19(17)21-20(22(27)25-14-7-12-23-13-15-25)16-26(24-21)18-9-3-2-4-10-18;/h2-6,8-11,16,23H,7,12-15H2,1H3;1H. The second-order valence-corrected chi connectivity index (χ2v) is 6.88. The van der Waals surface area contributed by atoms with Gasteiger partial charge in [-0.15, -0.1) is 12.4 Å². The molecule has 0 spiro atoms. The Kier molecular flexibility index (Phi) is 6.49. The van der Waals surface area contributed by atoms with E-state index in [0.717, 1.165) is 55.1 Å². The van der Waals surface area contributed by atoms with E-state index in [0.29, 0.717) is 5.56 Å². The number of carbonyl (C=O) groups is 1. The number of halogens is 1. The van der Waals surface area contributed by atoms with Gasteiger partial charge in [-0.05, 0) is 37.6 Å². The lowest BCUT2D eigenvalue weighted by Crippen LogP contribution is -2.34. The number of para-hydroxylation sites is 1. The lowest BCUT2D eigenvalue weighted by Gasteiger charge is -2.19. The van der Waals surface area contributed by atoms with Crippen LogP contribution in [0.5, 0.6) is 0 Å². The molecule has 0 bridgehead atoms. The average molecular weight is 397 g/mol. The van der Waals surface area contributed by atoms with E-state index in [1.54, 1.807) is 0 Å². The number of aryl methyl sites for hydroxylation is 1. The molecule has 0 radical (unpaired) electrons. The first kappa shape index (κ1) is 20.1. The van der Waals surface area contributed by atoms with Gasteiger partial charge in [-0.3, -0.25) is 4.79 Å². The van der Waals surface area contributed by atoms with Crippen molar-refractivity contribution in [3.05, 3.63) is 71.9 Å². The molecule has 2 heterocycles. The molecule has 0 aliphatic carbocycles. The SMILES string of the molecule is Cc1ccccc1-c1nn(-c2ccccc2)cc1C(=O)N1CCCNCC1.Cl. The maximum absolute atomic E-state index is 13.3. The molecule has 1 aliphatic heterocycles. The van der Waals surface area contributed by atoms with Gasteiger partial charge in [-0.2, -0.15) is 5.10 Å². The third-order valence-electron chi connectivity index (χ3n) is 4.99. The van der Waals surface area contributed by atoms with Crippen LogP contribution < -0.4 is 5.32 Å². The van der Waals surface area contributed by atoms with Gasteiger partial charge in [0, 0.05) is 31.4 Å². The fourth-order valence-electron chi connectivity index (χ4n) is 3.50. The highest BCUT2D eigenvalue weighted by Crippen LogP contribution is 2.27. The van der Waals surface area contributed by atoms with Crippen molar-refractivity contribution >= 4 is 18.3 Å². The van der Waals surface area contributed by atoms with Crippen molar-refractivity contribution in [2.45, 2.75) is 13.3 Å². The molecule has 146 valence electrons. The molecular weight excluding hydrogens is 372 g/mol. The maximum Gasteiger partial charge on any atom is 0.257 e. The van der Waals surface area contributed by atoms with Gasteiger partial charge in [0.15, 0.2) is 0 Å². The minimum atomic E-state index is 0. The molecule has 0 unspecified atom stereocenters. The Bertz CT molecular complexity index is 931. The Morgan fingerprint density at radius 1 is 1.00 bits per heavy atom. The quantitative estimate of drug-likeness (QED) is 0.734. The fourth-order valence-corrected chi connectivity index (χ4v) is 3.50. The fraction of sp³-hybridized carbons (Fsp3) is 0.273. The van der Waals surface area contributed by atoms with E-state index in [1.165, 1.54) is 0 Å². The number of hydrogen-bond acceptors (Lipinski definition) is 3. The minimum Gasteiger partial charge on any atom is -0.337 e. The van der Waals surface area contributed by atoms with Crippen LogP contribution in [0.2, 0.25) is 0 Å². The van der Waals surface area contributed by atoms with Crippen LogP contribution in [0.1, 0.15) is 22.3 Å². The molecule has 1 N–H and O–H groups in total. The van der Waals surface area contributed by atoms with Gasteiger partial charge in [0.1, 0.15) is 5.69 Å². The number of amides is 1. The van der Waals surface area contributed by atoms with Crippen molar-refractivity contribution in [2.24, 2.45) is 0 Å². The van der Waals surface area contributed by atoms with Crippen LogP contribution in [0, 0.1) is 6.92 Å². The number of hydrogen-bond donors (Lipinski definition) is 1. The normalized spacial score (nSPS) is 14.2. The number of nitrogens with one attached hydrogen (secondary N) is 1. The molecule has 1 saturated heterocycles. The van der Waals surface area contributed by atoms with Gasteiger partial charge in [-0.1, -0.05) is 42.5 Å². The summed E-state index contributed by atoms with van der Waals surface area (Å²) in [7, 11) is 0. The van der Waals surface area contributed by atoms with Crippen LogP contribution in [0.15, 0.2) is 60.8 Å². The van der Waals surface area contributed by atoms with Crippen molar-refractivity contribution in [3.8, 4) is 16.9 Å². The molecule has 6 heteroatoms. The average Bonchev–Trinajstić information content (AvgIpc) is 2.96. The highest BCUT2D eigenvalue weighted by molar-refractivity contribution is 6.00. The predicted octanol–water partition coefficient (Wildman–Crippen LogP) is 3.71. The van der Waals surface area contributed by atoms with E-state index in [2.05, 4.69) is 18.3 Å². The number of nitrogens with zero attached hydrogens (tertiary/aromatic N) is 3. The van der Waals surface area contributed by atoms with E-state index in [1.807, 2.05) is 64.3 Å². The largest absolute Gasteiger partial charge is 0.337 e. The van der Waals surface area contributed by atoms with Crippen molar-refractivity contribution in [2.75, 3.05) is 26.2 Å². The van der Waals surface area contributed by atoms with Gasteiger partial charge in [0.05, 0.1) is 11.3 Å². The maximum atomic E-state index is 13.3. The summed E-state index contributed by atoms with van der Waals surface area (Å²) < 4.78 is 1.81. The molecule has 1 fully saturated rings. The second kappa shape index (κ2) is 9.04. The third-order valence-corrected chi connectivity index (χ3v) is 4.99. The molecular formula is C22H25ClN4O. The van der Waals surface area contributed by atoms with Gasteiger partial charge in [0.25, 0.3) is 5.91 Å². The summed E-state index contributed by atoms with van der Waals surface area (Å²) in [5.74, 6) is 0.0548. The zero-order chi connectivity index (χ0) is 18.6. The number of benzene rings is 2. The molecule has 0 saturated carbocycles. The molecule has 28 heavy (non-hydrogen) atoms. The molecule has 1 aromatic heterocycles. The Morgan fingerprint density at radius 2 is 1.75 bits per heavy atom. The lowest BCUT2D eigenvalue weighted by molar-refractivity contribution is 0.0767. The Morgan fingerprint density at radius 3 is 2.54 bits per heavy atom. The van der Waals surface area contributed by atoms with Crippen LogP contribution in [-0.2, 0) is 0 Å². The van der Waals surface area contributed by atoms with E-state index >= 15 is 0 Å². The summed E-state index contributed by atoms with van der Waals surface area (Å²) in [6.07, 6.45) is 2.84. The zero-order valence-electron chi connectivity index (χ0n) is 16.0. The van der Waals surface area contributed by atoms with Crippen LogP contribution in [0.3, 0.4) is 0 Å². The summed E-state index contributed by atoms with van der Waals surface area (Å²) >= 11 is 0. The molecule has 3 aromatic rings. The van der Waals surface area contributed by atoms with Crippen molar-refractivity contribution in [3.63, 3.8) is 0 Å². The molecule has 5 nitrogen and oxygen atoms in total. The van der Waals surface area contributed by atoms with Crippen LogP contribution in [0.4, 0.5) is 0 Å². The Hall–Kier alpha value is -2.63. The molecule has 0 atom stereocenters. The number of rotatable bonds is 3. The summed E-state index contributed by atoms with van der Waals surface area (Å²) in [5, 5.41) is 8.16. The number of aromatic nitrogens is 2. The molecule has 1 amide bonds. The lowest BCUT2D eigenvalue weighted by atomic mass is 10.0. The topological polar surface area (TPSA) is 50.2 Å². The molecule has 2 aromatic carbocycles. The number of carbonyl (C=O) groups excluding carboxylic acids is 1. The highest BCUT2D eigenvalue weighted by Gasteiger charge is 2.24. The van der Waals surface area contributed by atoms with Gasteiger partial charge >= 0.3 is 0 Å². The Labute approximate surface area is 171 Å². The third kappa shape index (κ3) is 4.11. The second-order valence-electron chi connectivity index (χ2n) is 6.88. The highest BCUT2D eigenvalue weighted by atomic mass is 35.5. The predicted molar refractivity (Wildman–Crippen MR) is 114 cm³/mol. The minimum absolute atomic E-state index is 0. The van der Waals surface area contributed by atoms with Gasteiger partial charge < -0.3 is 10.2 Å².